The fourth-order valence-corrected chi connectivity index (χ4v) is 5.42. The number of aromatic nitrogens is 5. The average Bonchev–Trinajstić information content (AvgIpc) is 3.45. The first-order chi connectivity index (χ1) is 14.7. The molecule has 0 N–H and O–H groups in total. The van der Waals surface area contributed by atoms with E-state index >= 15 is 0 Å². The van der Waals surface area contributed by atoms with Crippen molar-refractivity contribution in [2.24, 2.45) is 0 Å². The van der Waals surface area contributed by atoms with Gasteiger partial charge in [0.2, 0.25) is 5.91 Å². The summed E-state index contributed by atoms with van der Waals surface area (Å²) in [6, 6.07) is 6.15. The first kappa shape index (κ1) is 19.1. The number of tetrazole rings is 1. The molecule has 3 aromatic heterocycles. The third-order valence-corrected chi connectivity index (χ3v) is 7.06. The number of amides is 1. The second kappa shape index (κ2) is 7.77. The maximum atomic E-state index is 12.6. The predicted molar refractivity (Wildman–Crippen MR) is 109 cm³/mol. The molecule has 3 aromatic rings. The zero-order chi connectivity index (χ0) is 20.6. The number of pyridine rings is 1. The summed E-state index contributed by atoms with van der Waals surface area (Å²) in [5, 5.41) is 10.9. The molecule has 0 bridgehead atoms. The van der Waals surface area contributed by atoms with Gasteiger partial charge < -0.3 is 14.4 Å². The number of ether oxygens (including phenoxy) is 2. The van der Waals surface area contributed by atoms with Crippen molar-refractivity contribution in [1.82, 2.24) is 30.1 Å². The molecule has 1 amide bonds. The highest BCUT2D eigenvalue weighted by atomic mass is 32.1. The van der Waals surface area contributed by atoms with E-state index in [0.29, 0.717) is 19.7 Å². The summed E-state index contributed by atoms with van der Waals surface area (Å²) in [5.41, 5.74) is 1.89. The summed E-state index contributed by atoms with van der Waals surface area (Å²) >= 11 is 1.79. The van der Waals surface area contributed by atoms with Gasteiger partial charge in [-0.1, -0.05) is 0 Å². The van der Waals surface area contributed by atoms with Crippen molar-refractivity contribution in [2.75, 3.05) is 26.8 Å². The van der Waals surface area contributed by atoms with Crippen LogP contribution in [0.25, 0.3) is 10.6 Å². The van der Waals surface area contributed by atoms with E-state index in [4.69, 9.17) is 9.47 Å². The Morgan fingerprint density at radius 3 is 2.90 bits per heavy atom. The van der Waals surface area contributed by atoms with Crippen LogP contribution in [0, 0.1) is 0 Å². The van der Waals surface area contributed by atoms with Gasteiger partial charge in [-0.3, -0.25) is 9.78 Å². The van der Waals surface area contributed by atoms with Gasteiger partial charge in [0.25, 0.3) is 0 Å². The largest absolute Gasteiger partial charge is 0.495 e. The van der Waals surface area contributed by atoms with Gasteiger partial charge in [-0.25, -0.2) is 4.68 Å². The molecule has 2 aliphatic rings. The number of carbonyl (C=O) groups is 1. The van der Waals surface area contributed by atoms with E-state index in [1.807, 2.05) is 17.0 Å². The van der Waals surface area contributed by atoms with Gasteiger partial charge in [0.1, 0.15) is 18.6 Å². The minimum Gasteiger partial charge on any atom is -0.495 e. The SMILES string of the molecule is COc1ccc(-c2cc3c(s2)CCOC32CCN(C(=O)Cn3cnnn3)CC2)nc1. The third-order valence-electron chi connectivity index (χ3n) is 5.84. The van der Waals surface area contributed by atoms with Gasteiger partial charge in [-0.15, -0.1) is 16.4 Å². The highest BCUT2D eigenvalue weighted by Gasteiger charge is 2.42. The Morgan fingerprint density at radius 1 is 1.33 bits per heavy atom. The molecule has 156 valence electrons. The summed E-state index contributed by atoms with van der Waals surface area (Å²) in [7, 11) is 1.64. The van der Waals surface area contributed by atoms with Crippen molar-refractivity contribution in [2.45, 2.75) is 31.4 Å². The highest BCUT2D eigenvalue weighted by molar-refractivity contribution is 7.15. The van der Waals surface area contributed by atoms with E-state index in [0.717, 1.165) is 35.6 Å². The van der Waals surface area contributed by atoms with E-state index < -0.39 is 0 Å². The third kappa shape index (κ3) is 3.46. The molecule has 5 rings (SSSR count). The molecule has 0 aromatic carbocycles. The molecule has 10 heteroatoms. The molecule has 30 heavy (non-hydrogen) atoms. The van der Waals surface area contributed by atoms with Gasteiger partial charge in [0.05, 0.1) is 36.1 Å². The molecule has 0 saturated carbocycles. The Morgan fingerprint density at radius 2 is 2.20 bits per heavy atom. The molecule has 2 aliphatic heterocycles. The minimum absolute atomic E-state index is 0.0293. The van der Waals surface area contributed by atoms with Crippen LogP contribution in [-0.2, 0) is 28.1 Å². The molecular weight excluding hydrogens is 404 g/mol. The number of fused-ring (bicyclic) bond motifs is 2. The van der Waals surface area contributed by atoms with Crippen molar-refractivity contribution in [3.05, 3.63) is 41.2 Å². The van der Waals surface area contributed by atoms with E-state index in [1.54, 1.807) is 24.6 Å². The van der Waals surface area contributed by atoms with Crippen molar-refractivity contribution in [3.8, 4) is 16.3 Å². The van der Waals surface area contributed by atoms with Crippen LogP contribution >= 0.6 is 11.3 Å². The van der Waals surface area contributed by atoms with Gasteiger partial charge in [0.15, 0.2) is 0 Å². The smallest absolute Gasteiger partial charge is 0.244 e. The molecule has 0 radical (unpaired) electrons. The quantitative estimate of drug-likeness (QED) is 0.629. The van der Waals surface area contributed by atoms with Crippen LogP contribution in [0.5, 0.6) is 5.75 Å². The predicted octanol–water partition coefficient (Wildman–Crippen LogP) is 1.90. The molecule has 5 heterocycles. The number of hydrogen-bond acceptors (Lipinski definition) is 8. The highest BCUT2D eigenvalue weighted by Crippen LogP contribution is 2.46. The first-order valence-corrected chi connectivity index (χ1v) is 10.7. The fraction of sp³-hybridized carbons (Fsp3) is 0.450. The fourth-order valence-electron chi connectivity index (χ4n) is 4.21. The lowest BCUT2D eigenvalue weighted by atomic mass is 9.82. The van der Waals surface area contributed by atoms with Crippen LogP contribution in [0.1, 0.15) is 23.3 Å². The molecular formula is C20H22N6O3S. The lowest BCUT2D eigenvalue weighted by molar-refractivity contribution is -0.141. The monoisotopic (exact) mass is 426 g/mol. The molecule has 0 atom stereocenters. The number of likely N-dealkylation sites (tertiary alicyclic amines) is 1. The summed E-state index contributed by atoms with van der Waals surface area (Å²) in [6.45, 7) is 2.19. The van der Waals surface area contributed by atoms with Gasteiger partial charge in [-0.2, -0.15) is 0 Å². The molecule has 9 nitrogen and oxygen atoms in total. The molecule has 0 unspecified atom stereocenters. The molecule has 0 aliphatic carbocycles. The summed E-state index contributed by atoms with van der Waals surface area (Å²) in [4.78, 5) is 21.5. The topological polar surface area (TPSA) is 95.3 Å². The van der Waals surface area contributed by atoms with Crippen LogP contribution in [0.4, 0.5) is 0 Å². The van der Waals surface area contributed by atoms with Gasteiger partial charge in [-0.05, 0) is 47.0 Å². The second-order valence-corrected chi connectivity index (χ2v) is 8.65. The maximum Gasteiger partial charge on any atom is 0.244 e. The van der Waals surface area contributed by atoms with Crippen LogP contribution < -0.4 is 4.74 Å². The summed E-state index contributed by atoms with van der Waals surface area (Å²) in [5.74, 6) is 0.778. The number of rotatable bonds is 4. The van der Waals surface area contributed by atoms with Crippen molar-refractivity contribution in [3.63, 3.8) is 0 Å². The number of piperidine rings is 1. The zero-order valence-corrected chi connectivity index (χ0v) is 17.5. The van der Waals surface area contributed by atoms with E-state index in [-0.39, 0.29) is 18.1 Å². The lowest BCUT2D eigenvalue weighted by Crippen LogP contribution is -2.48. The van der Waals surface area contributed by atoms with E-state index in [1.165, 1.54) is 21.4 Å². The van der Waals surface area contributed by atoms with Crippen molar-refractivity contribution >= 4 is 17.2 Å². The summed E-state index contributed by atoms with van der Waals surface area (Å²) < 4.78 is 13.0. The Balaban J connectivity index is 1.33. The number of thiophene rings is 1. The molecule has 1 spiro atoms. The van der Waals surface area contributed by atoms with Crippen molar-refractivity contribution in [1.29, 1.82) is 0 Å². The second-order valence-electron chi connectivity index (χ2n) is 7.51. The minimum atomic E-state index is -0.319. The van der Waals surface area contributed by atoms with Crippen LogP contribution in [0.3, 0.4) is 0 Å². The Bertz CT molecular complexity index is 1030. The standard InChI is InChI=1S/C20H22N6O3S/c1-28-14-2-3-16(21-11-14)18-10-15-17(30-18)4-9-29-20(15)5-7-25(8-6-20)19(27)12-26-13-22-23-24-26/h2-3,10-11,13H,4-9,12H2,1H3. The Kier molecular flexibility index (Phi) is 4.95. The Hall–Kier alpha value is -2.85. The normalized spacial score (nSPS) is 17.7. The zero-order valence-electron chi connectivity index (χ0n) is 16.7. The number of carbonyl (C=O) groups excluding carboxylic acids is 1. The van der Waals surface area contributed by atoms with Crippen LogP contribution in [-0.4, -0.2) is 62.8 Å². The van der Waals surface area contributed by atoms with Gasteiger partial charge >= 0.3 is 0 Å². The van der Waals surface area contributed by atoms with Crippen LogP contribution in [0.15, 0.2) is 30.7 Å². The maximum absolute atomic E-state index is 12.6. The first-order valence-electron chi connectivity index (χ1n) is 9.93. The number of methoxy groups -OCH3 is 1. The van der Waals surface area contributed by atoms with Crippen LogP contribution in [0.2, 0.25) is 0 Å². The number of hydrogen-bond donors (Lipinski definition) is 0. The Labute approximate surface area is 177 Å². The number of nitrogens with zero attached hydrogens (tertiary/aromatic N) is 6. The molecule has 1 fully saturated rings. The van der Waals surface area contributed by atoms with E-state index in [9.17, 15) is 4.79 Å². The van der Waals surface area contributed by atoms with Crippen molar-refractivity contribution < 1.29 is 14.3 Å². The van der Waals surface area contributed by atoms with Gasteiger partial charge in [0, 0.05) is 24.4 Å². The average molecular weight is 427 g/mol. The molecule has 1 saturated heterocycles. The van der Waals surface area contributed by atoms with E-state index in [2.05, 4.69) is 26.6 Å². The summed E-state index contributed by atoms with van der Waals surface area (Å²) in [6.07, 6.45) is 5.69. The lowest BCUT2D eigenvalue weighted by Gasteiger charge is -2.44.